The molecule has 0 saturated carbocycles. The third-order valence-corrected chi connectivity index (χ3v) is 2.32. The average Bonchev–Trinajstić information content (AvgIpc) is 2.48. The van der Waals surface area contributed by atoms with Crippen molar-refractivity contribution in [3.8, 4) is 0 Å². The van der Waals surface area contributed by atoms with Gasteiger partial charge in [-0.15, -0.1) is 0 Å². The summed E-state index contributed by atoms with van der Waals surface area (Å²) in [6.07, 6.45) is 2.97. The van der Waals surface area contributed by atoms with E-state index in [0.717, 1.165) is 12.5 Å². The van der Waals surface area contributed by atoms with Crippen molar-refractivity contribution in [2.75, 3.05) is 13.1 Å². The Hall–Kier alpha value is -2.64. The number of esters is 2. The van der Waals surface area contributed by atoms with Gasteiger partial charge in [-0.1, -0.05) is 13.2 Å². The number of hydrogen-bond acceptors (Lipinski definition) is 6. The third kappa shape index (κ3) is 10.2. The van der Waals surface area contributed by atoms with Crippen LogP contribution in [-0.4, -0.2) is 36.8 Å². The molecule has 0 heterocycles. The Labute approximate surface area is 128 Å². The zero-order valence-electron chi connectivity index (χ0n) is 12.3. The Morgan fingerprint density at radius 3 is 1.45 bits per heavy atom. The molecule has 0 spiro atoms. The van der Waals surface area contributed by atoms with Gasteiger partial charge in [-0.2, -0.15) is 0 Å². The van der Waals surface area contributed by atoms with Crippen LogP contribution in [0.3, 0.4) is 0 Å². The summed E-state index contributed by atoms with van der Waals surface area (Å²) in [5.74, 6) is -2.52. The van der Waals surface area contributed by atoms with Crippen LogP contribution in [0.4, 0.5) is 0 Å². The monoisotopic (exact) mass is 312 g/mol. The van der Waals surface area contributed by atoms with Crippen molar-refractivity contribution >= 4 is 23.8 Å². The zero-order valence-corrected chi connectivity index (χ0v) is 12.3. The van der Waals surface area contributed by atoms with Gasteiger partial charge in [0, 0.05) is 25.9 Å². The maximum absolute atomic E-state index is 11.4. The minimum Gasteiger partial charge on any atom is -0.435 e. The van der Waals surface area contributed by atoms with Crippen LogP contribution in [0.25, 0.3) is 0 Å². The van der Waals surface area contributed by atoms with Crippen molar-refractivity contribution in [2.45, 2.75) is 25.7 Å². The molecule has 0 aliphatic heterocycles. The Bertz CT molecular complexity index is 393. The van der Waals surface area contributed by atoms with E-state index < -0.39 is 23.8 Å². The first-order valence-corrected chi connectivity index (χ1v) is 6.68. The van der Waals surface area contributed by atoms with Gasteiger partial charge in [-0.25, -0.2) is 0 Å². The van der Waals surface area contributed by atoms with Crippen LogP contribution in [-0.2, 0) is 28.7 Å². The highest BCUT2D eigenvalue weighted by Crippen LogP contribution is 1.93. The van der Waals surface area contributed by atoms with Gasteiger partial charge in [0.25, 0.3) is 0 Å². The highest BCUT2D eigenvalue weighted by atomic mass is 16.5. The maximum atomic E-state index is 11.4. The largest absolute Gasteiger partial charge is 0.435 e. The minimum atomic E-state index is -0.800. The van der Waals surface area contributed by atoms with Crippen LogP contribution in [0.2, 0.25) is 0 Å². The van der Waals surface area contributed by atoms with E-state index in [-0.39, 0.29) is 25.9 Å². The van der Waals surface area contributed by atoms with Crippen molar-refractivity contribution in [2.24, 2.45) is 0 Å². The summed E-state index contributed by atoms with van der Waals surface area (Å²) < 4.78 is 8.98. The van der Waals surface area contributed by atoms with Crippen molar-refractivity contribution in [1.29, 1.82) is 0 Å². The number of hydrogen-bond donors (Lipinski definition) is 2. The Morgan fingerprint density at radius 1 is 0.773 bits per heavy atom. The zero-order chi connectivity index (χ0) is 16.8. The molecule has 0 saturated heterocycles. The van der Waals surface area contributed by atoms with Crippen LogP contribution >= 0.6 is 0 Å². The molecule has 0 atom stereocenters. The Kier molecular flexibility index (Phi) is 10.7. The first-order chi connectivity index (χ1) is 10.5. The van der Waals surface area contributed by atoms with Crippen LogP contribution in [0.15, 0.2) is 25.7 Å². The number of nitrogens with one attached hydrogen (secondary N) is 2. The molecule has 0 radical (unpaired) electrons. The van der Waals surface area contributed by atoms with Crippen LogP contribution in [0.5, 0.6) is 0 Å². The smallest absolute Gasteiger partial charge is 0.310 e. The van der Waals surface area contributed by atoms with Crippen molar-refractivity contribution < 1.29 is 28.7 Å². The molecule has 0 fully saturated rings. The highest BCUT2D eigenvalue weighted by molar-refractivity contribution is 6.35. The number of rotatable bonds is 10. The third-order valence-electron chi connectivity index (χ3n) is 2.32. The Balaban J connectivity index is 3.68. The molecule has 0 aliphatic rings. The fourth-order valence-corrected chi connectivity index (χ4v) is 1.33. The second-order valence-electron chi connectivity index (χ2n) is 4.03. The van der Waals surface area contributed by atoms with E-state index in [4.69, 9.17) is 0 Å². The van der Waals surface area contributed by atoms with E-state index in [9.17, 15) is 19.2 Å². The first kappa shape index (κ1) is 19.4. The molecule has 8 heteroatoms. The van der Waals surface area contributed by atoms with Crippen molar-refractivity contribution in [1.82, 2.24) is 10.6 Å². The SMILES string of the molecule is C=COC(=O)CCCNC(=O)C(=O)NCCCC(=O)OC=C. The minimum absolute atomic E-state index is 0.110. The van der Waals surface area contributed by atoms with Crippen LogP contribution in [0, 0.1) is 0 Å². The second-order valence-corrected chi connectivity index (χ2v) is 4.03. The van der Waals surface area contributed by atoms with Gasteiger partial charge in [-0.05, 0) is 12.8 Å². The van der Waals surface area contributed by atoms with E-state index in [2.05, 4.69) is 33.3 Å². The predicted molar refractivity (Wildman–Crippen MR) is 77.1 cm³/mol. The molecule has 0 aromatic heterocycles. The lowest BCUT2D eigenvalue weighted by Gasteiger charge is -2.06. The van der Waals surface area contributed by atoms with Gasteiger partial charge < -0.3 is 20.1 Å². The lowest BCUT2D eigenvalue weighted by atomic mass is 10.3. The van der Waals surface area contributed by atoms with Gasteiger partial charge in [0.05, 0.1) is 12.5 Å². The molecule has 0 bridgehead atoms. The fraction of sp³-hybridized carbons (Fsp3) is 0.429. The lowest BCUT2D eigenvalue weighted by Crippen LogP contribution is -2.40. The number of amides is 2. The van der Waals surface area contributed by atoms with Gasteiger partial charge in [-0.3, -0.25) is 19.2 Å². The molecule has 0 unspecified atom stereocenters. The summed E-state index contributed by atoms with van der Waals surface area (Å²) >= 11 is 0. The molecular weight excluding hydrogens is 292 g/mol. The van der Waals surface area contributed by atoms with E-state index >= 15 is 0 Å². The van der Waals surface area contributed by atoms with Crippen molar-refractivity contribution in [3.63, 3.8) is 0 Å². The second kappa shape index (κ2) is 12.1. The molecule has 0 aromatic carbocycles. The summed E-state index contributed by atoms with van der Waals surface area (Å²) in [6.45, 7) is 6.82. The summed E-state index contributed by atoms with van der Waals surface area (Å²) in [5, 5.41) is 4.72. The topological polar surface area (TPSA) is 111 Å². The highest BCUT2D eigenvalue weighted by Gasteiger charge is 2.12. The number of carbonyl (C=O) groups excluding carboxylic acids is 4. The molecule has 8 nitrogen and oxygen atoms in total. The lowest BCUT2D eigenvalue weighted by molar-refractivity contribution is -0.140. The van der Waals surface area contributed by atoms with Gasteiger partial charge in [0.2, 0.25) is 0 Å². The molecule has 2 N–H and O–H groups in total. The molecule has 122 valence electrons. The number of carbonyl (C=O) groups is 4. The normalized spacial score (nSPS) is 9.27. The standard InChI is InChI=1S/C14H20N2O6/c1-3-21-11(17)7-5-9-15-13(19)14(20)16-10-6-8-12(18)22-4-2/h3-4H,1-2,5-10H2,(H,15,19)(H,16,20). The summed E-state index contributed by atoms with van der Waals surface area (Å²) in [6, 6.07) is 0. The molecule has 0 aliphatic carbocycles. The molecular formula is C14H20N2O6. The average molecular weight is 312 g/mol. The molecule has 0 rings (SSSR count). The Morgan fingerprint density at radius 2 is 1.14 bits per heavy atom. The molecule has 2 amide bonds. The molecule has 0 aromatic rings. The summed E-state index contributed by atoms with van der Waals surface area (Å²) in [7, 11) is 0. The van der Waals surface area contributed by atoms with E-state index in [1.807, 2.05) is 0 Å². The maximum Gasteiger partial charge on any atom is 0.310 e. The van der Waals surface area contributed by atoms with Gasteiger partial charge >= 0.3 is 23.8 Å². The van der Waals surface area contributed by atoms with Crippen LogP contribution < -0.4 is 10.6 Å². The van der Waals surface area contributed by atoms with Crippen molar-refractivity contribution in [3.05, 3.63) is 25.7 Å². The summed E-state index contributed by atoms with van der Waals surface area (Å²) in [5.41, 5.74) is 0. The van der Waals surface area contributed by atoms with E-state index in [1.54, 1.807) is 0 Å². The first-order valence-electron chi connectivity index (χ1n) is 6.68. The van der Waals surface area contributed by atoms with Gasteiger partial charge in [0.1, 0.15) is 0 Å². The van der Waals surface area contributed by atoms with E-state index in [0.29, 0.717) is 12.8 Å². The predicted octanol–water partition coefficient (Wildman–Crippen LogP) is 0.153. The fourth-order valence-electron chi connectivity index (χ4n) is 1.33. The van der Waals surface area contributed by atoms with Crippen LogP contribution in [0.1, 0.15) is 25.7 Å². The number of ether oxygens (including phenoxy) is 2. The van der Waals surface area contributed by atoms with E-state index in [1.165, 1.54) is 0 Å². The molecule has 22 heavy (non-hydrogen) atoms. The van der Waals surface area contributed by atoms with Gasteiger partial charge in [0.15, 0.2) is 0 Å². The summed E-state index contributed by atoms with van der Waals surface area (Å²) in [4.78, 5) is 44.7. The quantitative estimate of drug-likeness (QED) is 0.257.